The molecule has 0 saturated carbocycles. The van der Waals surface area contributed by atoms with E-state index in [1.54, 1.807) is 44.3 Å². The molecule has 0 aliphatic carbocycles. The molecule has 1 N–H and O–H groups in total. The highest BCUT2D eigenvalue weighted by Crippen LogP contribution is 2.16. The molecule has 140 valence electrons. The molecule has 2 unspecified atom stereocenters. The maximum absolute atomic E-state index is 13.5. The van der Waals surface area contributed by atoms with Gasteiger partial charge in [-0.1, -0.05) is 24.3 Å². The highest BCUT2D eigenvalue weighted by Gasteiger charge is 2.20. The van der Waals surface area contributed by atoms with Gasteiger partial charge in [0.05, 0.1) is 12.1 Å². The maximum atomic E-state index is 13.5. The number of rotatable bonds is 8. The molecule has 6 heteroatoms. The molecular formula is C20H24F2N2O2. The van der Waals surface area contributed by atoms with Gasteiger partial charge in [-0.15, -0.1) is 0 Å². The monoisotopic (exact) mass is 362 g/mol. The summed E-state index contributed by atoms with van der Waals surface area (Å²) in [5, 5.41) is 2.91. The Morgan fingerprint density at radius 2 is 1.77 bits per heavy atom. The van der Waals surface area contributed by atoms with Gasteiger partial charge < -0.3 is 10.1 Å². The zero-order valence-electron chi connectivity index (χ0n) is 15.2. The molecule has 2 atom stereocenters. The van der Waals surface area contributed by atoms with Crippen LogP contribution >= 0.6 is 0 Å². The van der Waals surface area contributed by atoms with Crippen LogP contribution in [0, 0.1) is 11.6 Å². The van der Waals surface area contributed by atoms with Crippen molar-refractivity contribution in [3.63, 3.8) is 0 Å². The van der Waals surface area contributed by atoms with Gasteiger partial charge in [0.25, 0.3) is 0 Å². The molecule has 2 aromatic rings. The van der Waals surface area contributed by atoms with Gasteiger partial charge in [0.1, 0.15) is 12.4 Å². The van der Waals surface area contributed by atoms with Crippen LogP contribution in [-0.2, 0) is 4.79 Å². The second-order valence-electron chi connectivity index (χ2n) is 6.22. The van der Waals surface area contributed by atoms with Gasteiger partial charge >= 0.3 is 0 Å². The third-order valence-electron chi connectivity index (χ3n) is 4.31. The summed E-state index contributed by atoms with van der Waals surface area (Å²) in [5.41, 5.74) is 0.831. The third-order valence-corrected chi connectivity index (χ3v) is 4.31. The number of carbonyl (C=O) groups excluding carboxylic acids is 1. The van der Waals surface area contributed by atoms with Crippen LogP contribution in [0.25, 0.3) is 0 Å². The minimum Gasteiger partial charge on any atom is -0.489 e. The van der Waals surface area contributed by atoms with E-state index in [4.69, 9.17) is 4.74 Å². The summed E-state index contributed by atoms with van der Waals surface area (Å²) in [5.74, 6) is -0.664. The van der Waals surface area contributed by atoms with Gasteiger partial charge in [-0.2, -0.15) is 0 Å². The number of para-hydroxylation sites is 1. The summed E-state index contributed by atoms with van der Waals surface area (Å²) in [6, 6.07) is 11.6. The zero-order valence-corrected chi connectivity index (χ0v) is 15.2. The van der Waals surface area contributed by atoms with E-state index in [2.05, 4.69) is 5.32 Å². The van der Waals surface area contributed by atoms with E-state index < -0.39 is 5.82 Å². The van der Waals surface area contributed by atoms with Crippen LogP contribution in [0.3, 0.4) is 0 Å². The third kappa shape index (κ3) is 5.52. The molecule has 0 saturated heterocycles. The average molecular weight is 362 g/mol. The largest absolute Gasteiger partial charge is 0.489 e. The van der Waals surface area contributed by atoms with Crippen LogP contribution in [0.5, 0.6) is 5.75 Å². The minimum atomic E-state index is -0.408. The molecule has 0 aromatic heterocycles. The second-order valence-corrected chi connectivity index (χ2v) is 6.22. The predicted octanol–water partition coefficient (Wildman–Crippen LogP) is 3.54. The van der Waals surface area contributed by atoms with Gasteiger partial charge in [0.15, 0.2) is 11.6 Å². The summed E-state index contributed by atoms with van der Waals surface area (Å²) in [6.07, 6.45) is 0. The van der Waals surface area contributed by atoms with Crippen molar-refractivity contribution in [1.29, 1.82) is 0 Å². The van der Waals surface area contributed by atoms with E-state index >= 15 is 0 Å². The molecular weight excluding hydrogens is 338 g/mol. The van der Waals surface area contributed by atoms with Crippen LogP contribution in [0.4, 0.5) is 8.78 Å². The molecule has 4 nitrogen and oxygen atoms in total. The van der Waals surface area contributed by atoms with Gasteiger partial charge in [-0.3, -0.25) is 9.69 Å². The number of hydrogen-bond donors (Lipinski definition) is 1. The van der Waals surface area contributed by atoms with Crippen molar-refractivity contribution in [3.8, 4) is 5.75 Å². The summed E-state index contributed by atoms with van der Waals surface area (Å²) in [4.78, 5) is 14.2. The zero-order chi connectivity index (χ0) is 19.1. The molecule has 0 aliphatic heterocycles. The van der Waals surface area contributed by atoms with E-state index in [0.717, 1.165) is 5.56 Å². The molecule has 0 bridgehead atoms. The number of amides is 1. The van der Waals surface area contributed by atoms with Crippen molar-refractivity contribution in [2.24, 2.45) is 0 Å². The van der Waals surface area contributed by atoms with E-state index in [1.807, 2.05) is 11.8 Å². The Bertz CT molecular complexity index is 722. The Morgan fingerprint density at radius 1 is 1.12 bits per heavy atom. The van der Waals surface area contributed by atoms with E-state index in [-0.39, 0.29) is 36.2 Å². The molecule has 1 amide bonds. The van der Waals surface area contributed by atoms with Crippen molar-refractivity contribution in [2.75, 3.05) is 20.2 Å². The summed E-state index contributed by atoms with van der Waals surface area (Å²) in [7, 11) is 1.80. The van der Waals surface area contributed by atoms with Crippen LogP contribution in [0.15, 0.2) is 48.5 Å². The maximum Gasteiger partial charge on any atom is 0.237 e. The van der Waals surface area contributed by atoms with Crippen molar-refractivity contribution < 1.29 is 18.3 Å². The quantitative estimate of drug-likeness (QED) is 0.781. The van der Waals surface area contributed by atoms with Crippen molar-refractivity contribution in [2.45, 2.75) is 25.9 Å². The molecule has 0 aliphatic rings. The number of benzene rings is 2. The van der Waals surface area contributed by atoms with Crippen LogP contribution in [0.2, 0.25) is 0 Å². The Hall–Kier alpha value is -2.47. The summed E-state index contributed by atoms with van der Waals surface area (Å²) < 4.78 is 31.9. The second kappa shape index (κ2) is 9.29. The summed E-state index contributed by atoms with van der Waals surface area (Å²) in [6.45, 7) is 4.37. The number of hydrogen-bond acceptors (Lipinski definition) is 3. The number of likely N-dealkylation sites (N-methyl/N-ethyl adjacent to an activating group) is 1. The lowest BCUT2D eigenvalue weighted by atomic mass is 10.1. The molecule has 26 heavy (non-hydrogen) atoms. The van der Waals surface area contributed by atoms with Gasteiger partial charge in [-0.05, 0) is 50.7 Å². The van der Waals surface area contributed by atoms with E-state index in [9.17, 15) is 13.6 Å². The van der Waals surface area contributed by atoms with Crippen LogP contribution in [-0.4, -0.2) is 37.0 Å². The molecule has 0 fully saturated rings. The fourth-order valence-corrected chi connectivity index (χ4v) is 2.42. The minimum absolute atomic E-state index is 0.143. The van der Waals surface area contributed by atoms with Crippen molar-refractivity contribution in [1.82, 2.24) is 10.2 Å². The van der Waals surface area contributed by atoms with Crippen molar-refractivity contribution >= 4 is 5.91 Å². The number of halogens is 2. The van der Waals surface area contributed by atoms with Gasteiger partial charge in [0.2, 0.25) is 5.91 Å². The lowest BCUT2D eigenvalue weighted by Gasteiger charge is -2.25. The van der Waals surface area contributed by atoms with Crippen LogP contribution in [0.1, 0.15) is 25.5 Å². The Kier molecular flexibility index (Phi) is 7.09. The molecule has 0 heterocycles. The number of nitrogens with one attached hydrogen (secondary N) is 1. The topological polar surface area (TPSA) is 41.6 Å². The first-order valence-corrected chi connectivity index (χ1v) is 8.52. The number of carbonyl (C=O) groups is 1. The predicted molar refractivity (Wildman–Crippen MR) is 96.9 cm³/mol. The fraction of sp³-hybridized carbons (Fsp3) is 0.350. The Balaban J connectivity index is 1.81. The molecule has 0 radical (unpaired) electrons. The molecule has 0 spiro atoms. The molecule has 2 aromatic carbocycles. The average Bonchev–Trinajstić information content (AvgIpc) is 2.63. The highest BCUT2D eigenvalue weighted by atomic mass is 19.1. The van der Waals surface area contributed by atoms with Gasteiger partial charge in [0, 0.05) is 6.54 Å². The fourth-order valence-electron chi connectivity index (χ4n) is 2.42. The summed E-state index contributed by atoms with van der Waals surface area (Å²) >= 11 is 0. The Morgan fingerprint density at radius 3 is 2.42 bits per heavy atom. The lowest BCUT2D eigenvalue weighted by molar-refractivity contribution is -0.126. The normalized spacial score (nSPS) is 13.3. The standard InChI is InChI=1S/C20H24F2N2O2/c1-14(16-8-10-17(21)11-9-16)23-20(25)15(2)24(3)12-13-26-19-7-5-4-6-18(19)22/h4-11,14-15H,12-13H2,1-3H3,(H,23,25). The first-order chi connectivity index (χ1) is 12.4. The lowest BCUT2D eigenvalue weighted by Crippen LogP contribution is -2.45. The number of ether oxygens (including phenoxy) is 1. The molecule has 2 rings (SSSR count). The SMILES string of the molecule is CC(NC(=O)C(C)N(C)CCOc1ccccc1F)c1ccc(F)cc1. The smallest absolute Gasteiger partial charge is 0.237 e. The first kappa shape index (κ1) is 19.8. The first-order valence-electron chi connectivity index (χ1n) is 8.52. The van der Waals surface area contributed by atoms with Crippen molar-refractivity contribution in [3.05, 3.63) is 65.7 Å². The van der Waals surface area contributed by atoms with Crippen LogP contribution < -0.4 is 10.1 Å². The number of nitrogens with zero attached hydrogens (tertiary/aromatic N) is 1. The highest BCUT2D eigenvalue weighted by molar-refractivity contribution is 5.81. The van der Waals surface area contributed by atoms with Gasteiger partial charge in [-0.25, -0.2) is 8.78 Å². The van der Waals surface area contributed by atoms with E-state index in [1.165, 1.54) is 18.2 Å². The Labute approximate surface area is 152 Å². The van der Waals surface area contributed by atoms with E-state index in [0.29, 0.717) is 6.54 Å².